The lowest BCUT2D eigenvalue weighted by molar-refractivity contribution is -0.126. The molecule has 1 heterocycles. The van der Waals surface area contributed by atoms with Crippen molar-refractivity contribution in [3.05, 3.63) is 35.4 Å². The molecule has 1 fully saturated rings. The molecular formula is C14H12N2O3S. The van der Waals surface area contributed by atoms with Crippen molar-refractivity contribution in [2.24, 2.45) is 0 Å². The van der Waals surface area contributed by atoms with E-state index >= 15 is 0 Å². The van der Waals surface area contributed by atoms with Crippen LogP contribution in [-0.4, -0.2) is 23.9 Å². The lowest BCUT2D eigenvalue weighted by atomic mass is 10.1. The van der Waals surface area contributed by atoms with Crippen LogP contribution in [0.2, 0.25) is 0 Å². The predicted octanol–water partition coefficient (Wildman–Crippen LogP) is 0.541. The fourth-order valence-electron chi connectivity index (χ4n) is 1.63. The molecule has 6 heteroatoms. The maximum atomic E-state index is 11.7. The Kier molecular flexibility index (Phi) is 4.33. The Morgan fingerprint density at radius 3 is 2.40 bits per heavy atom. The van der Waals surface area contributed by atoms with Crippen molar-refractivity contribution in [3.63, 3.8) is 0 Å². The summed E-state index contributed by atoms with van der Waals surface area (Å²) in [7, 11) is 0. The maximum absolute atomic E-state index is 11.7. The van der Waals surface area contributed by atoms with Crippen LogP contribution in [0.15, 0.2) is 29.8 Å². The standard InChI is InChI=1S/C14H12N2O3S/c1-2-7-19-10-5-3-9(4-6-10)8-11-12(17)15-14(20)16-13(11)18/h1,3-6,8,14,20H,7H2,(H,15,17)(H,16,18). The van der Waals surface area contributed by atoms with E-state index in [0.717, 1.165) is 0 Å². The lowest BCUT2D eigenvalue weighted by Crippen LogP contribution is -2.52. The van der Waals surface area contributed by atoms with Crippen LogP contribution in [-0.2, 0) is 9.59 Å². The number of carbonyl (C=O) groups is 2. The summed E-state index contributed by atoms with van der Waals surface area (Å²) >= 11 is 3.97. The highest BCUT2D eigenvalue weighted by Gasteiger charge is 2.26. The summed E-state index contributed by atoms with van der Waals surface area (Å²) in [6.45, 7) is 0.189. The number of hydrogen-bond acceptors (Lipinski definition) is 4. The zero-order chi connectivity index (χ0) is 14.5. The third-order valence-corrected chi connectivity index (χ3v) is 2.80. The highest BCUT2D eigenvalue weighted by molar-refractivity contribution is 7.80. The molecule has 0 unspecified atom stereocenters. The molecular weight excluding hydrogens is 276 g/mol. The van der Waals surface area contributed by atoms with Gasteiger partial charge in [0.25, 0.3) is 11.8 Å². The Bertz CT molecular complexity index is 582. The molecule has 0 radical (unpaired) electrons. The molecule has 0 saturated carbocycles. The van der Waals surface area contributed by atoms with Crippen molar-refractivity contribution in [2.75, 3.05) is 6.61 Å². The molecule has 2 amide bonds. The third-order valence-electron chi connectivity index (χ3n) is 2.54. The third kappa shape index (κ3) is 3.33. The summed E-state index contributed by atoms with van der Waals surface area (Å²) in [6, 6.07) is 6.88. The van der Waals surface area contributed by atoms with E-state index in [2.05, 4.69) is 29.2 Å². The number of thiol groups is 1. The first-order chi connectivity index (χ1) is 9.60. The van der Waals surface area contributed by atoms with E-state index in [1.54, 1.807) is 24.3 Å². The molecule has 0 aliphatic carbocycles. The molecule has 1 aromatic carbocycles. The first-order valence-electron chi connectivity index (χ1n) is 5.78. The minimum atomic E-state index is -0.660. The van der Waals surface area contributed by atoms with Gasteiger partial charge in [0.05, 0.1) is 0 Å². The molecule has 0 bridgehead atoms. The van der Waals surface area contributed by atoms with E-state index in [1.807, 2.05) is 0 Å². The molecule has 2 rings (SSSR count). The monoisotopic (exact) mass is 288 g/mol. The second-order valence-electron chi connectivity index (χ2n) is 3.97. The number of terminal acetylenes is 1. The van der Waals surface area contributed by atoms with Gasteiger partial charge in [0.2, 0.25) is 0 Å². The lowest BCUT2D eigenvalue weighted by Gasteiger charge is -2.21. The zero-order valence-electron chi connectivity index (χ0n) is 10.4. The second kappa shape index (κ2) is 6.17. The number of hydrogen-bond donors (Lipinski definition) is 3. The number of benzene rings is 1. The first-order valence-corrected chi connectivity index (χ1v) is 6.29. The predicted molar refractivity (Wildman–Crippen MR) is 77.8 cm³/mol. The summed E-state index contributed by atoms with van der Waals surface area (Å²) in [5, 5.41) is 4.99. The normalized spacial score (nSPS) is 17.8. The van der Waals surface area contributed by atoms with Gasteiger partial charge < -0.3 is 15.4 Å². The van der Waals surface area contributed by atoms with Gasteiger partial charge in [0, 0.05) is 0 Å². The molecule has 1 aromatic rings. The summed E-state index contributed by atoms with van der Waals surface area (Å²) in [5.41, 5.74) is 0.0789. The molecule has 2 N–H and O–H groups in total. The van der Waals surface area contributed by atoms with Crippen LogP contribution in [0, 0.1) is 12.3 Å². The average Bonchev–Trinajstić information content (AvgIpc) is 2.42. The molecule has 0 aromatic heterocycles. The fraction of sp³-hybridized carbons (Fsp3) is 0.143. The molecule has 0 atom stereocenters. The number of nitrogens with one attached hydrogen (secondary N) is 2. The second-order valence-corrected chi connectivity index (χ2v) is 4.49. The molecule has 1 saturated heterocycles. The van der Waals surface area contributed by atoms with Crippen molar-refractivity contribution in [2.45, 2.75) is 5.50 Å². The van der Waals surface area contributed by atoms with Crippen molar-refractivity contribution in [3.8, 4) is 18.1 Å². The van der Waals surface area contributed by atoms with E-state index in [4.69, 9.17) is 11.2 Å². The van der Waals surface area contributed by atoms with Gasteiger partial charge in [-0.15, -0.1) is 19.1 Å². The summed E-state index contributed by atoms with van der Waals surface area (Å²) in [5.74, 6) is 2.07. The van der Waals surface area contributed by atoms with Gasteiger partial charge in [-0.2, -0.15) is 0 Å². The largest absolute Gasteiger partial charge is 0.481 e. The average molecular weight is 288 g/mol. The van der Waals surface area contributed by atoms with Gasteiger partial charge in [-0.05, 0) is 23.8 Å². The number of amides is 2. The van der Waals surface area contributed by atoms with Crippen molar-refractivity contribution in [1.82, 2.24) is 10.6 Å². The van der Waals surface area contributed by atoms with E-state index in [0.29, 0.717) is 11.3 Å². The van der Waals surface area contributed by atoms with Gasteiger partial charge in [0.15, 0.2) is 0 Å². The molecule has 102 valence electrons. The highest BCUT2D eigenvalue weighted by atomic mass is 32.1. The topological polar surface area (TPSA) is 67.4 Å². The zero-order valence-corrected chi connectivity index (χ0v) is 11.3. The quantitative estimate of drug-likeness (QED) is 0.329. The Balaban J connectivity index is 2.16. The van der Waals surface area contributed by atoms with E-state index < -0.39 is 17.3 Å². The van der Waals surface area contributed by atoms with Gasteiger partial charge >= 0.3 is 0 Å². The summed E-state index contributed by atoms with van der Waals surface area (Å²) in [4.78, 5) is 23.4. The van der Waals surface area contributed by atoms with Gasteiger partial charge in [0.1, 0.15) is 23.4 Å². The Hall–Kier alpha value is -2.39. The van der Waals surface area contributed by atoms with Crippen LogP contribution in [0.25, 0.3) is 6.08 Å². The van der Waals surface area contributed by atoms with Crippen LogP contribution in [0.1, 0.15) is 5.56 Å². The van der Waals surface area contributed by atoms with Crippen LogP contribution < -0.4 is 15.4 Å². The van der Waals surface area contributed by atoms with Gasteiger partial charge in [-0.1, -0.05) is 18.1 Å². The minimum absolute atomic E-state index is 0.0348. The smallest absolute Gasteiger partial charge is 0.259 e. The molecule has 1 aliphatic heterocycles. The molecule has 20 heavy (non-hydrogen) atoms. The Morgan fingerprint density at radius 2 is 1.85 bits per heavy atom. The van der Waals surface area contributed by atoms with Crippen molar-refractivity contribution < 1.29 is 14.3 Å². The fourth-order valence-corrected chi connectivity index (χ4v) is 1.86. The SMILES string of the molecule is C#CCOc1ccc(C=C2C(=O)NC(S)NC2=O)cc1. The van der Waals surface area contributed by atoms with Gasteiger partial charge in [-0.3, -0.25) is 9.59 Å². The summed E-state index contributed by atoms with van der Waals surface area (Å²) in [6.07, 6.45) is 6.59. The number of carbonyl (C=O) groups excluding carboxylic acids is 2. The summed E-state index contributed by atoms with van der Waals surface area (Å²) < 4.78 is 5.23. The number of ether oxygens (including phenoxy) is 1. The highest BCUT2D eigenvalue weighted by Crippen LogP contribution is 2.16. The van der Waals surface area contributed by atoms with E-state index in [9.17, 15) is 9.59 Å². The minimum Gasteiger partial charge on any atom is -0.481 e. The van der Waals surface area contributed by atoms with Crippen molar-refractivity contribution >= 4 is 30.5 Å². The van der Waals surface area contributed by atoms with E-state index in [1.165, 1.54) is 6.08 Å². The Morgan fingerprint density at radius 1 is 1.25 bits per heavy atom. The Labute approximate surface area is 121 Å². The van der Waals surface area contributed by atoms with E-state index in [-0.39, 0.29) is 12.2 Å². The molecule has 0 spiro atoms. The van der Waals surface area contributed by atoms with Crippen LogP contribution in [0.5, 0.6) is 5.75 Å². The molecule has 5 nitrogen and oxygen atoms in total. The van der Waals surface area contributed by atoms with Crippen LogP contribution in [0.3, 0.4) is 0 Å². The number of rotatable bonds is 3. The van der Waals surface area contributed by atoms with Crippen molar-refractivity contribution in [1.29, 1.82) is 0 Å². The maximum Gasteiger partial charge on any atom is 0.259 e. The molecule has 1 aliphatic rings. The van der Waals surface area contributed by atoms with Crippen LogP contribution >= 0.6 is 12.6 Å². The van der Waals surface area contributed by atoms with Gasteiger partial charge in [-0.25, -0.2) is 0 Å². The van der Waals surface area contributed by atoms with Crippen LogP contribution in [0.4, 0.5) is 0 Å². The first kappa shape index (κ1) is 14.0.